The van der Waals surface area contributed by atoms with E-state index in [1.807, 2.05) is 0 Å². The minimum atomic E-state index is 0.256. The van der Waals surface area contributed by atoms with Gasteiger partial charge in [0.1, 0.15) is 11.3 Å². The molecule has 3 atom stereocenters. The predicted molar refractivity (Wildman–Crippen MR) is 111 cm³/mol. The Labute approximate surface area is 159 Å². The Morgan fingerprint density at radius 2 is 1.69 bits per heavy atom. The molecular formula is C25H36O. The van der Waals surface area contributed by atoms with Crippen molar-refractivity contribution in [2.24, 2.45) is 11.3 Å². The van der Waals surface area contributed by atoms with Gasteiger partial charge in [0.25, 0.3) is 0 Å². The highest BCUT2D eigenvalue weighted by molar-refractivity contribution is 5.85. The molecule has 0 spiro atoms. The molecule has 142 valence electrons. The second-order valence-corrected chi connectivity index (χ2v) is 9.96. The first-order chi connectivity index (χ1) is 12.3. The first-order valence-corrected chi connectivity index (χ1v) is 10.9. The van der Waals surface area contributed by atoms with Crippen LogP contribution in [0.3, 0.4) is 0 Å². The van der Waals surface area contributed by atoms with E-state index in [1.165, 1.54) is 54.4 Å². The van der Waals surface area contributed by atoms with Crippen LogP contribution in [0.15, 0.2) is 16.5 Å². The third kappa shape index (κ3) is 2.49. The number of hydrogen-bond donors (Lipinski definition) is 0. The van der Waals surface area contributed by atoms with Crippen LogP contribution in [0.25, 0.3) is 11.0 Å². The highest BCUT2D eigenvalue weighted by Gasteiger charge is 2.51. The van der Waals surface area contributed by atoms with Crippen LogP contribution in [0, 0.1) is 11.3 Å². The Morgan fingerprint density at radius 3 is 2.38 bits per heavy atom. The second-order valence-electron chi connectivity index (χ2n) is 9.96. The lowest BCUT2D eigenvalue weighted by Gasteiger charge is -2.50. The highest BCUT2D eigenvalue weighted by atomic mass is 16.3. The standard InChI is InChI=1S/C25H36O/c1-7-17-14-19-20(15-18(17)8-2)26-23-16(3)10-11-21-24(4,5)12-9-13-25(21,6)22(19)23/h14-16,21H,7-13H2,1-6H3. The SMILES string of the molecule is CCc1cc2oc3c(c2cc1CC)C1(C)CCCC(C)(C)C1CCC3C. The smallest absolute Gasteiger partial charge is 0.134 e. The molecule has 0 saturated heterocycles. The van der Waals surface area contributed by atoms with E-state index in [9.17, 15) is 0 Å². The zero-order valence-corrected chi connectivity index (χ0v) is 17.7. The molecule has 26 heavy (non-hydrogen) atoms. The largest absolute Gasteiger partial charge is 0.460 e. The summed E-state index contributed by atoms with van der Waals surface area (Å²) in [4.78, 5) is 0. The molecule has 1 fully saturated rings. The Balaban J connectivity index is 2.01. The average molecular weight is 353 g/mol. The summed E-state index contributed by atoms with van der Waals surface area (Å²) in [5.74, 6) is 2.59. The summed E-state index contributed by atoms with van der Waals surface area (Å²) in [6.07, 6.45) is 8.82. The Hall–Kier alpha value is -1.24. The van der Waals surface area contributed by atoms with E-state index in [0.29, 0.717) is 11.3 Å². The Kier molecular flexibility index (Phi) is 4.29. The third-order valence-electron chi connectivity index (χ3n) is 7.94. The van der Waals surface area contributed by atoms with Gasteiger partial charge >= 0.3 is 0 Å². The number of benzene rings is 1. The lowest BCUT2D eigenvalue weighted by molar-refractivity contribution is 0.0504. The van der Waals surface area contributed by atoms with Gasteiger partial charge in [0.05, 0.1) is 0 Å². The summed E-state index contributed by atoms with van der Waals surface area (Å²) < 4.78 is 6.61. The molecule has 0 amide bonds. The minimum Gasteiger partial charge on any atom is -0.460 e. The zero-order valence-electron chi connectivity index (χ0n) is 17.7. The van der Waals surface area contributed by atoms with Crippen LogP contribution in [-0.4, -0.2) is 0 Å². The summed E-state index contributed by atoms with van der Waals surface area (Å²) >= 11 is 0. The van der Waals surface area contributed by atoms with Crippen molar-refractivity contribution in [3.63, 3.8) is 0 Å². The summed E-state index contributed by atoms with van der Waals surface area (Å²) in [5.41, 5.74) is 6.37. The van der Waals surface area contributed by atoms with Gasteiger partial charge in [0.2, 0.25) is 0 Å². The van der Waals surface area contributed by atoms with Gasteiger partial charge in [0, 0.05) is 16.9 Å². The second kappa shape index (κ2) is 6.14. The van der Waals surface area contributed by atoms with Crippen LogP contribution in [-0.2, 0) is 18.3 Å². The fraction of sp³-hybridized carbons (Fsp3) is 0.680. The average Bonchev–Trinajstić information content (AvgIpc) is 2.93. The van der Waals surface area contributed by atoms with Crippen LogP contribution < -0.4 is 0 Å². The summed E-state index contributed by atoms with van der Waals surface area (Å²) in [5, 5.41) is 1.42. The van der Waals surface area contributed by atoms with Gasteiger partial charge in [-0.2, -0.15) is 0 Å². The molecule has 2 aromatic rings. The van der Waals surface area contributed by atoms with E-state index in [0.717, 1.165) is 24.3 Å². The van der Waals surface area contributed by atoms with Gasteiger partial charge < -0.3 is 4.42 Å². The summed E-state index contributed by atoms with van der Waals surface area (Å²) in [6.45, 7) is 14.5. The van der Waals surface area contributed by atoms with Crippen LogP contribution in [0.4, 0.5) is 0 Å². The molecule has 0 aliphatic heterocycles. The maximum atomic E-state index is 6.61. The lowest BCUT2D eigenvalue weighted by atomic mass is 9.53. The van der Waals surface area contributed by atoms with Gasteiger partial charge in [-0.3, -0.25) is 0 Å². The molecule has 1 aromatic heterocycles. The molecule has 0 radical (unpaired) electrons. The van der Waals surface area contributed by atoms with Gasteiger partial charge in [-0.1, -0.05) is 48.0 Å². The van der Waals surface area contributed by atoms with Crippen LogP contribution >= 0.6 is 0 Å². The van der Waals surface area contributed by atoms with Crippen LogP contribution in [0.5, 0.6) is 0 Å². The molecule has 4 rings (SSSR count). The molecule has 0 N–H and O–H groups in total. The number of aryl methyl sites for hydroxylation is 2. The third-order valence-corrected chi connectivity index (χ3v) is 7.94. The van der Waals surface area contributed by atoms with Crippen molar-refractivity contribution in [2.75, 3.05) is 0 Å². The van der Waals surface area contributed by atoms with Crippen molar-refractivity contribution in [3.8, 4) is 0 Å². The normalized spacial score (nSPS) is 30.7. The minimum absolute atomic E-state index is 0.256. The first-order valence-electron chi connectivity index (χ1n) is 10.9. The quantitative estimate of drug-likeness (QED) is 0.544. The topological polar surface area (TPSA) is 13.1 Å². The molecule has 2 aliphatic carbocycles. The van der Waals surface area contributed by atoms with E-state index in [1.54, 1.807) is 5.56 Å². The summed E-state index contributed by atoms with van der Waals surface area (Å²) in [7, 11) is 0. The Bertz CT molecular complexity index is 824. The molecule has 0 bridgehead atoms. The maximum Gasteiger partial charge on any atom is 0.134 e. The molecule has 1 heteroatoms. The summed E-state index contributed by atoms with van der Waals surface area (Å²) in [6, 6.07) is 4.83. The zero-order chi connectivity index (χ0) is 18.7. The first kappa shape index (κ1) is 18.1. The fourth-order valence-electron chi connectivity index (χ4n) is 6.52. The molecule has 2 aliphatic rings. The maximum absolute atomic E-state index is 6.61. The van der Waals surface area contributed by atoms with Gasteiger partial charge in [0.15, 0.2) is 0 Å². The van der Waals surface area contributed by atoms with E-state index in [-0.39, 0.29) is 5.41 Å². The van der Waals surface area contributed by atoms with Crippen LogP contribution in [0.2, 0.25) is 0 Å². The van der Waals surface area contributed by atoms with Gasteiger partial charge in [-0.15, -0.1) is 0 Å². The van der Waals surface area contributed by atoms with Crippen molar-refractivity contribution < 1.29 is 4.42 Å². The lowest BCUT2D eigenvalue weighted by Crippen LogP contribution is -2.44. The van der Waals surface area contributed by atoms with Crippen LogP contribution in [0.1, 0.15) is 102 Å². The van der Waals surface area contributed by atoms with Crippen molar-refractivity contribution in [2.45, 2.75) is 97.8 Å². The molecule has 3 unspecified atom stereocenters. The molecular weight excluding hydrogens is 316 g/mol. The van der Waals surface area contributed by atoms with Crippen molar-refractivity contribution >= 4 is 11.0 Å². The van der Waals surface area contributed by atoms with Gasteiger partial charge in [-0.25, -0.2) is 0 Å². The molecule has 1 nitrogen and oxygen atoms in total. The highest BCUT2D eigenvalue weighted by Crippen LogP contribution is 2.59. The van der Waals surface area contributed by atoms with Gasteiger partial charge in [-0.05, 0) is 78.5 Å². The molecule has 1 aromatic carbocycles. The fourth-order valence-corrected chi connectivity index (χ4v) is 6.52. The van der Waals surface area contributed by atoms with Crippen molar-refractivity contribution in [1.82, 2.24) is 0 Å². The van der Waals surface area contributed by atoms with E-state index in [4.69, 9.17) is 4.42 Å². The van der Waals surface area contributed by atoms with Crippen molar-refractivity contribution in [3.05, 3.63) is 34.6 Å². The number of furan rings is 1. The van der Waals surface area contributed by atoms with E-state index < -0.39 is 0 Å². The van der Waals surface area contributed by atoms with Crippen molar-refractivity contribution in [1.29, 1.82) is 0 Å². The van der Waals surface area contributed by atoms with E-state index >= 15 is 0 Å². The van der Waals surface area contributed by atoms with E-state index in [2.05, 4.69) is 53.7 Å². The monoisotopic (exact) mass is 352 g/mol. The number of fused-ring (bicyclic) bond motifs is 5. The molecule has 1 heterocycles. The molecule has 1 saturated carbocycles. The Morgan fingerprint density at radius 1 is 1.00 bits per heavy atom. The number of hydrogen-bond acceptors (Lipinski definition) is 1. The number of rotatable bonds is 2. The predicted octanol–water partition coefficient (Wildman–Crippen LogP) is 7.54.